The number of aryl methyl sites for hydroxylation is 1. The van der Waals surface area contributed by atoms with Crippen LogP contribution in [-0.4, -0.2) is 10.7 Å². The number of halogens is 4. The summed E-state index contributed by atoms with van der Waals surface area (Å²) >= 11 is 20.1. The van der Waals surface area contributed by atoms with Gasteiger partial charge in [0.05, 0.1) is 0 Å². The van der Waals surface area contributed by atoms with Crippen LogP contribution >= 0.6 is 55.1 Å². The van der Waals surface area contributed by atoms with Gasteiger partial charge < -0.3 is 0 Å². The van der Waals surface area contributed by atoms with E-state index >= 15 is 0 Å². The van der Waals surface area contributed by atoms with Crippen LogP contribution in [0.25, 0.3) is 0 Å². The average Bonchev–Trinajstić information content (AvgIpc) is 2.48. The lowest BCUT2D eigenvalue weighted by Gasteiger charge is -2.32. The van der Waals surface area contributed by atoms with Gasteiger partial charge in [0.1, 0.15) is 0 Å². The molecule has 0 fully saturated rings. The van der Waals surface area contributed by atoms with E-state index in [0.29, 0.717) is 0 Å². The summed E-state index contributed by atoms with van der Waals surface area (Å²) in [5, 5.41) is 3.11. The Labute approximate surface area is 153 Å². The first-order valence-corrected chi connectivity index (χ1v) is 9.64. The second-order valence-corrected chi connectivity index (χ2v) is 7.23. The molecule has 0 saturated carbocycles. The van der Waals surface area contributed by atoms with Gasteiger partial charge in [0.2, 0.25) is 0 Å². The molecule has 0 heterocycles. The van der Waals surface area contributed by atoms with Crippen LogP contribution in [0.4, 0.5) is 0 Å². The van der Waals surface area contributed by atoms with E-state index in [1.807, 2.05) is 18.2 Å². The fourth-order valence-corrected chi connectivity index (χ4v) is 4.90. The summed E-state index contributed by atoms with van der Waals surface area (Å²) in [6.07, 6.45) is 0.783. The highest BCUT2D eigenvalue weighted by Gasteiger charge is 2.32. The topological polar surface area (TPSA) is 0 Å². The minimum atomic E-state index is -0.0827. The van der Waals surface area contributed by atoms with Gasteiger partial charge in [-0.25, -0.2) is 0 Å². The van der Waals surface area contributed by atoms with E-state index in [0.717, 1.165) is 32.7 Å². The molecule has 0 atom stereocenters. The SMILES string of the molecule is Cc1cccc(C(CBr)(CBr)Cc2c(Cl)cccc2Cl)c1. The molecule has 2 rings (SSSR count). The van der Waals surface area contributed by atoms with Gasteiger partial charge in [-0.15, -0.1) is 0 Å². The molecule has 0 aromatic heterocycles. The van der Waals surface area contributed by atoms with Gasteiger partial charge in [-0.3, -0.25) is 0 Å². The molecule has 0 aliphatic heterocycles. The molecule has 0 spiro atoms. The molecular weight excluding hydrogens is 435 g/mol. The van der Waals surface area contributed by atoms with Gasteiger partial charge in [-0.1, -0.05) is 91.0 Å². The van der Waals surface area contributed by atoms with Gasteiger partial charge in [-0.2, -0.15) is 0 Å². The number of alkyl halides is 2. The van der Waals surface area contributed by atoms with Crippen LogP contribution in [-0.2, 0) is 11.8 Å². The summed E-state index contributed by atoms with van der Waals surface area (Å²) in [4.78, 5) is 0. The minimum absolute atomic E-state index is 0.0827. The largest absolute Gasteiger partial charge is 0.0918 e. The molecule has 0 unspecified atom stereocenters. The summed E-state index contributed by atoms with van der Waals surface area (Å²) in [6.45, 7) is 2.11. The van der Waals surface area contributed by atoms with Gasteiger partial charge in [0.15, 0.2) is 0 Å². The Morgan fingerprint density at radius 3 is 2.05 bits per heavy atom. The van der Waals surface area contributed by atoms with E-state index in [-0.39, 0.29) is 5.41 Å². The van der Waals surface area contributed by atoms with Crippen LogP contribution in [0.1, 0.15) is 16.7 Å². The van der Waals surface area contributed by atoms with Crippen LogP contribution in [0.15, 0.2) is 42.5 Å². The molecule has 2 aromatic rings. The highest BCUT2D eigenvalue weighted by atomic mass is 79.9. The Kier molecular flexibility index (Phi) is 6.19. The Hall–Kier alpha value is -0.0200. The zero-order valence-corrected chi connectivity index (χ0v) is 16.4. The van der Waals surface area contributed by atoms with Crippen LogP contribution in [0, 0.1) is 6.92 Å². The van der Waals surface area contributed by atoms with Crippen LogP contribution in [0.5, 0.6) is 0 Å². The maximum absolute atomic E-state index is 6.35. The third-order valence-corrected chi connectivity index (χ3v) is 6.57. The summed E-state index contributed by atoms with van der Waals surface area (Å²) in [5.41, 5.74) is 3.46. The zero-order chi connectivity index (χ0) is 15.5. The van der Waals surface area contributed by atoms with E-state index in [2.05, 4.69) is 63.0 Å². The maximum atomic E-state index is 6.35. The van der Waals surface area contributed by atoms with E-state index in [1.54, 1.807) is 0 Å². The predicted molar refractivity (Wildman–Crippen MR) is 101 cm³/mol. The maximum Gasteiger partial charge on any atom is 0.0453 e. The van der Waals surface area contributed by atoms with Crippen molar-refractivity contribution < 1.29 is 0 Å². The molecular formula is C17H16Br2Cl2. The lowest BCUT2D eigenvalue weighted by Crippen LogP contribution is -2.33. The van der Waals surface area contributed by atoms with Crippen LogP contribution in [0.3, 0.4) is 0 Å². The number of hydrogen-bond donors (Lipinski definition) is 0. The van der Waals surface area contributed by atoms with E-state index in [4.69, 9.17) is 23.2 Å². The second-order valence-electron chi connectivity index (χ2n) is 5.29. The van der Waals surface area contributed by atoms with Crippen molar-refractivity contribution in [3.05, 3.63) is 69.2 Å². The first-order chi connectivity index (χ1) is 10.0. The van der Waals surface area contributed by atoms with Gasteiger partial charge in [0.25, 0.3) is 0 Å². The summed E-state index contributed by atoms with van der Waals surface area (Å²) in [5.74, 6) is 0. The lowest BCUT2D eigenvalue weighted by molar-refractivity contribution is 0.551. The highest BCUT2D eigenvalue weighted by Crippen LogP contribution is 2.37. The molecule has 0 radical (unpaired) electrons. The fraction of sp³-hybridized carbons (Fsp3) is 0.294. The molecule has 0 N–H and O–H groups in total. The first kappa shape index (κ1) is 17.3. The van der Waals surface area contributed by atoms with Crippen molar-refractivity contribution in [1.82, 2.24) is 0 Å². The van der Waals surface area contributed by atoms with Crippen molar-refractivity contribution in [1.29, 1.82) is 0 Å². The van der Waals surface area contributed by atoms with Gasteiger partial charge in [-0.05, 0) is 36.6 Å². The van der Waals surface area contributed by atoms with E-state index in [1.165, 1.54) is 11.1 Å². The van der Waals surface area contributed by atoms with Crippen LogP contribution in [0.2, 0.25) is 10.0 Å². The lowest BCUT2D eigenvalue weighted by atomic mass is 9.78. The smallest absolute Gasteiger partial charge is 0.0453 e. The molecule has 0 aliphatic carbocycles. The normalized spacial score (nSPS) is 11.7. The van der Waals surface area contributed by atoms with Crippen molar-refractivity contribution in [2.75, 3.05) is 10.7 Å². The molecule has 0 amide bonds. The second kappa shape index (κ2) is 7.50. The van der Waals surface area contributed by atoms with Crippen molar-refractivity contribution in [3.8, 4) is 0 Å². The Bertz CT molecular complexity index is 602. The fourth-order valence-electron chi connectivity index (χ4n) is 2.40. The highest BCUT2D eigenvalue weighted by molar-refractivity contribution is 9.09. The Morgan fingerprint density at radius 1 is 0.952 bits per heavy atom. The molecule has 4 heteroatoms. The molecule has 0 bridgehead atoms. The van der Waals surface area contributed by atoms with E-state index in [9.17, 15) is 0 Å². The Morgan fingerprint density at radius 2 is 1.52 bits per heavy atom. The molecule has 2 aromatic carbocycles. The van der Waals surface area contributed by atoms with Crippen molar-refractivity contribution in [2.24, 2.45) is 0 Å². The molecule has 0 nitrogen and oxygen atoms in total. The van der Waals surface area contributed by atoms with E-state index < -0.39 is 0 Å². The summed E-state index contributed by atoms with van der Waals surface area (Å²) in [7, 11) is 0. The summed E-state index contributed by atoms with van der Waals surface area (Å²) in [6, 6.07) is 14.3. The first-order valence-electron chi connectivity index (χ1n) is 6.64. The van der Waals surface area contributed by atoms with Crippen molar-refractivity contribution in [3.63, 3.8) is 0 Å². The van der Waals surface area contributed by atoms with Gasteiger partial charge in [0, 0.05) is 26.1 Å². The third kappa shape index (κ3) is 3.85. The van der Waals surface area contributed by atoms with Crippen molar-refractivity contribution >= 4 is 55.1 Å². The molecule has 0 aliphatic rings. The number of rotatable bonds is 5. The van der Waals surface area contributed by atoms with Crippen LogP contribution < -0.4 is 0 Å². The monoisotopic (exact) mass is 448 g/mol. The number of hydrogen-bond acceptors (Lipinski definition) is 0. The zero-order valence-electron chi connectivity index (χ0n) is 11.7. The third-order valence-electron chi connectivity index (χ3n) is 3.72. The molecule has 112 valence electrons. The minimum Gasteiger partial charge on any atom is -0.0918 e. The summed E-state index contributed by atoms with van der Waals surface area (Å²) < 4.78 is 0. The van der Waals surface area contributed by atoms with Gasteiger partial charge >= 0.3 is 0 Å². The quantitative estimate of drug-likeness (QED) is 0.452. The molecule has 0 saturated heterocycles. The predicted octanol–water partition coefficient (Wildman–Crippen LogP) is 6.57. The standard InChI is InChI=1S/C17H16Br2Cl2/c1-12-4-2-5-13(8-12)17(10-18,11-19)9-14-15(20)6-3-7-16(14)21/h2-8H,9-11H2,1H3. The van der Waals surface area contributed by atoms with Crippen molar-refractivity contribution in [2.45, 2.75) is 18.8 Å². The Balaban J connectivity index is 2.48. The average molecular weight is 451 g/mol. The molecule has 21 heavy (non-hydrogen) atoms. The number of benzene rings is 2.